The molecule has 1 heterocycles. The molecule has 0 aliphatic heterocycles. The number of hydrogen-bond acceptors (Lipinski definition) is 3. The van der Waals surface area contributed by atoms with Gasteiger partial charge < -0.3 is 10.5 Å². The maximum atomic E-state index is 5.80. The Hall–Kier alpha value is -1.87. The van der Waals surface area contributed by atoms with Crippen molar-refractivity contribution in [1.29, 1.82) is 0 Å². The van der Waals surface area contributed by atoms with Crippen molar-refractivity contribution in [2.75, 3.05) is 0 Å². The van der Waals surface area contributed by atoms with Crippen LogP contribution in [0.5, 0.6) is 11.6 Å². The first kappa shape index (κ1) is 11.6. The number of para-hydroxylation sites is 1. The molecule has 0 fully saturated rings. The van der Waals surface area contributed by atoms with Crippen LogP contribution in [-0.2, 0) is 0 Å². The molecular formula is C14H16N2O. The van der Waals surface area contributed by atoms with Gasteiger partial charge in [0.2, 0.25) is 5.88 Å². The molecule has 0 radical (unpaired) electrons. The van der Waals surface area contributed by atoms with E-state index < -0.39 is 0 Å². The van der Waals surface area contributed by atoms with E-state index in [2.05, 4.69) is 4.98 Å². The predicted molar refractivity (Wildman–Crippen MR) is 68.1 cm³/mol. The Balaban J connectivity index is 2.23. The second-order valence-corrected chi connectivity index (χ2v) is 4.09. The molecule has 2 aromatic rings. The minimum atomic E-state index is -0.00743. The summed E-state index contributed by atoms with van der Waals surface area (Å²) in [4.78, 5) is 4.29. The maximum Gasteiger partial charge on any atom is 0.222 e. The number of ether oxygens (including phenoxy) is 1. The van der Waals surface area contributed by atoms with Crippen LogP contribution in [0.4, 0.5) is 0 Å². The fourth-order valence-electron chi connectivity index (χ4n) is 1.54. The predicted octanol–water partition coefficient (Wildman–Crippen LogP) is 3.20. The van der Waals surface area contributed by atoms with Crippen molar-refractivity contribution in [2.45, 2.75) is 19.9 Å². The summed E-state index contributed by atoms with van der Waals surface area (Å²) in [5.41, 5.74) is 7.81. The Bertz CT molecular complexity index is 495. The fourth-order valence-corrected chi connectivity index (χ4v) is 1.54. The molecule has 1 aromatic carbocycles. The third kappa shape index (κ3) is 2.82. The van der Waals surface area contributed by atoms with Crippen molar-refractivity contribution in [3.8, 4) is 11.6 Å². The molecule has 0 amide bonds. The highest BCUT2D eigenvalue weighted by Crippen LogP contribution is 2.24. The summed E-state index contributed by atoms with van der Waals surface area (Å²) in [7, 11) is 0. The molecule has 3 nitrogen and oxygen atoms in total. The van der Waals surface area contributed by atoms with E-state index in [1.807, 2.05) is 50.2 Å². The van der Waals surface area contributed by atoms with E-state index in [0.29, 0.717) is 5.88 Å². The lowest BCUT2D eigenvalue weighted by molar-refractivity contribution is 0.458. The van der Waals surface area contributed by atoms with Gasteiger partial charge in [0.25, 0.3) is 0 Å². The van der Waals surface area contributed by atoms with Crippen LogP contribution in [0.1, 0.15) is 24.1 Å². The van der Waals surface area contributed by atoms with Gasteiger partial charge in [0, 0.05) is 17.8 Å². The first-order valence-electron chi connectivity index (χ1n) is 5.62. The third-order valence-electron chi connectivity index (χ3n) is 2.53. The van der Waals surface area contributed by atoms with Crippen molar-refractivity contribution in [3.05, 3.63) is 53.7 Å². The van der Waals surface area contributed by atoms with Crippen LogP contribution in [0.15, 0.2) is 42.6 Å². The molecule has 0 aliphatic rings. The first-order valence-corrected chi connectivity index (χ1v) is 5.62. The summed E-state index contributed by atoms with van der Waals surface area (Å²) in [5, 5.41) is 0. The van der Waals surface area contributed by atoms with Crippen molar-refractivity contribution >= 4 is 0 Å². The van der Waals surface area contributed by atoms with Crippen molar-refractivity contribution < 1.29 is 4.74 Å². The number of pyridine rings is 1. The van der Waals surface area contributed by atoms with Crippen LogP contribution in [-0.4, -0.2) is 4.98 Å². The quantitative estimate of drug-likeness (QED) is 0.877. The number of rotatable bonds is 3. The Morgan fingerprint density at radius 2 is 1.94 bits per heavy atom. The van der Waals surface area contributed by atoms with Gasteiger partial charge in [0.05, 0.1) is 0 Å². The second kappa shape index (κ2) is 4.97. The Morgan fingerprint density at radius 1 is 1.24 bits per heavy atom. The van der Waals surface area contributed by atoms with E-state index in [1.54, 1.807) is 6.20 Å². The van der Waals surface area contributed by atoms with Crippen LogP contribution in [0.2, 0.25) is 0 Å². The normalized spacial score (nSPS) is 12.2. The second-order valence-electron chi connectivity index (χ2n) is 4.09. The van der Waals surface area contributed by atoms with Gasteiger partial charge in [-0.15, -0.1) is 0 Å². The van der Waals surface area contributed by atoms with Crippen molar-refractivity contribution in [3.63, 3.8) is 0 Å². The summed E-state index contributed by atoms with van der Waals surface area (Å²) in [6, 6.07) is 11.6. The monoisotopic (exact) mass is 228 g/mol. The molecule has 0 aliphatic carbocycles. The van der Waals surface area contributed by atoms with Gasteiger partial charge in [-0.1, -0.05) is 18.2 Å². The average Bonchev–Trinajstić information content (AvgIpc) is 2.33. The van der Waals surface area contributed by atoms with E-state index in [4.69, 9.17) is 10.5 Å². The van der Waals surface area contributed by atoms with E-state index in [0.717, 1.165) is 16.9 Å². The molecule has 2 N–H and O–H groups in total. The average molecular weight is 228 g/mol. The molecule has 88 valence electrons. The zero-order valence-electron chi connectivity index (χ0n) is 10.1. The van der Waals surface area contributed by atoms with E-state index in [9.17, 15) is 0 Å². The van der Waals surface area contributed by atoms with Gasteiger partial charge in [0.1, 0.15) is 5.75 Å². The SMILES string of the molecule is Cc1cc([C@H](C)N)cnc1Oc1ccccc1. The van der Waals surface area contributed by atoms with Crippen LogP contribution in [0, 0.1) is 6.92 Å². The first-order chi connectivity index (χ1) is 8.16. The van der Waals surface area contributed by atoms with Crippen molar-refractivity contribution in [1.82, 2.24) is 4.98 Å². The standard InChI is InChI=1S/C14H16N2O/c1-10-8-12(11(2)15)9-16-14(10)17-13-6-4-3-5-7-13/h3-9,11H,15H2,1-2H3/t11-/m0/s1. The van der Waals surface area contributed by atoms with Gasteiger partial charge in [-0.3, -0.25) is 0 Å². The zero-order valence-corrected chi connectivity index (χ0v) is 10.1. The highest BCUT2D eigenvalue weighted by Gasteiger charge is 2.06. The molecule has 0 bridgehead atoms. The van der Waals surface area contributed by atoms with Crippen LogP contribution in [0.3, 0.4) is 0 Å². The summed E-state index contributed by atoms with van der Waals surface area (Å²) < 4.78 is 5.69. The Morgan fingerprint density at radius 3 is 2.53 bits per heavy atom. The largest absolute Gasteiger partial charge is 0.439 e. The van der Waals surface area contributed by atoms with E-state index in [-0.39, 0.29) is 6.04 Å². The van der Waals surface area contributed by atoms with Gasteiger partial charge >= 0.3 is 0 Å². The number of aryl methyl sites for hydroxylation is 1. The fraction of sp³-hybridized carbons (Fsp3) is 0.214. The number of nitrogens with zero attached hydrogens (tertiary/aromatic N) is 1. The summed E-state index contributed by atoms with van der Waals surface area (Å²) >= 11 is 0. The summed E-state index contributed by atoms with van der Waals surface area (Å²) in [5.74, 6) is 1.41. The Labute approximate surface area is 101 Å². The molecule has 1 aromatic heterocycles. The van der Waals surface area contributed by atoms with Gasteiger partial charge in [0.15, 0.2) is 0 Å². The topological polar surface area (TPSA) is 48.1 Å². The lowest BCUT2D eigenvalue weighted by atomic mass is 10.1. The van der Waals surface area contributed by atoms with Crippen LogP contribution in [0.25, 0.3) is 0 Å². The highest BCUT2D eigenvalue weighted by molar-refractivity contribution is 5.34. The highest BCUT2D eigenvalue weighted by atomic mass is 16.5. The number of nitrogens with two attached hydrogens (primary N) is 1. The summed E-state index contributed by atoms with van der Waals surface area (Å²) in [6.07, 6.45) is 1.76. The molecule has 17 heavy (non-hydrogen) atoms. The molecule has 0 unspecified atom stereocenters. The van der Waals surface area contributed by atoms with Gasteiger partial charge in [-0.25, -0.2) is 4.98 Å². The molecule has 1 atom stereocenters. The van der Waals surface area contributed by atoms with Gasteiger partial charge in [-0.2, -0.15) is 0 Å². The zero-order chi connectivity index (χ0) is 12.3. The van der Waals surface area contributed by atoms with Gasteiger partial charge in [-0.05, 0) is 37.6 Å². The van der Waals surface area contributed by atoms with E-state index >= 15 is 0 Å². The summed E-state index contributed by atoms with van der Waals surface area (Å²) in [6.45, 7) is 3.91. The molecule has 2 rings (SSSR count). The molecule has 3 heteroatoms. The third-order valence-corrected chi connectivity index (χ3v) is 2.53. The Kier molecular flexibility index (Phi) is 3.40. The minimum absolute atomic E-state index is 0.00743. The number of aromatic nitrogens is 1. The smallest absolute Gasteiger partial charge is 0.222 e. The molecule has 0 spiro atoms. The van der Waals surface area contributed by atoms with Crippen molar-refractivity contribution in [2.24, 2.45) is 5.73 Å². The molecule has 0 saturated heterocycles. The number of benzene rings is 1. The lowest BCUT2D eigenvalue weighted by Crippen LogP contribution is -2.06. The molecule has 0 saturated carbocycles. The van der Waals surface area contributed by atoms with E-state index in [1.165, 1.54) is 0 Å². The number of hydrogen-bond donors (Lipinski definition) is 1. The molecular weight excluding hydrogens is 212 g/mol. The lowest BCUT2D eigenvalue weighted by Gasteiger charge is -2.10. The van der Waals surface area contributed by atoms with Crippen LogP contribution < -0.4 is 10.5 Å². The minimum Gasteiger partial charge on any atom is -0.439 e. The maximum absolute atomic E-state index is 5.80. The van der Waals surface area contributed by atoms with Crippen LogP contribution >= 0.6 is 0 Å².